The third kappa shape index (κ3) is 6.50. The average Bonchev–Trinajstić information content (AvgIpc) is 3.29. The van der Waals surface area contributed by atoms with Crippen LogP contribution in [0.4, 0.5) is 5.69 Å². The molecule has 56 heavy (non-hydrogen) atoms. The number of aliphatic imine (C=N–C) groups is 1. The first-order valence-corrected chi connectivity index (χ1v) is 19.3. The molecule has 0 spiro atoms. The summed E-state index contributed by atoms with van der Waals surface area (Å²) < 4.78 is 0. The lowest BCUT2D eigenvalue weighted by molar-refractivity contribution is 0.881. The summed E-state index contributed by atoms with van der Waals surface area (Å²) in [5.74, 6) is 0.865. The lowest BCUT2D eigenvalue weighted by Crippen LogP contribution is -2.27. The van der Waals surface area contributed by atoms with E-state index in [9.17, 15) is 0 Å². The lowest BCUT2D eigenvalue weighted by atomic mass is 9.85. The second kappa shape index (κ2) is 14.5. The van der Waals surface area contributed by atoms with Crippen molar-refractivity contribution in [3.63, 3.8) is 0 Å². The number of rotatable bonds is 7. The first-order valence-electron chi connectivity index (χ1n) is 19.3. The van der Waals surface area contributed by atoms with Gasteiger partial charge in [0.25, 0.3) is 0 Å². The van der Waals surface area contributed by atoms with Gasteiger partial charge in [-0.2, -0.15) is 0 Å². The van der Waals surface area contributed by atoms with E-state index in [2.05, 4.69) is 217 Å². The summed E-state index contributed by atoms with van der Waals surface area (Å²) >= 11 is 0. The zero-order valence-corrected chi connectivity index (χ0v) is 30.8. The number of hydrogen-bond acceptors (Lipinski definition) is 3. The monoisotopic (exact) mass is 717 g/mol. The summed E-state index contributed by atoms with van der Waals surface area (Å²) in [6, 6.07) is 71.4. The van der Waals surface area contributed by atoms with Crippen LogP contribution in [0.15, 0.2) is 217 Å². The Balaban J connectivity index is 1.03. The molecule has 0 aliphatic carbocycles. The molecule has 8 aromatic carbocycles. The van der Waals surface area contributed by atoms with Crippen molar-refractivity contribution in [1.29, 1.82) is 0 Å². The van der Waals surface area contributed by atoms with Gasteiger partial charge < -0.3 is 10.6 Å². The highest BCUT2D eigenvalue weighted by Crippen LogP contribution is 2.43. The van der Waals surface area contributed by atoms with Gasteiger partial charge in [-0.15, -0.1) is 0 Å². The van der Waals surface area contributed by atoms with Gasteiger partial charge >= 0.3 is 0 Å². The quantitative estimate of drug-likeness (QED) is 0.172. The molecule has 10 rings (SSSR count). The van der Waals surface area contributed by atoms with Crippen molar-refractivity contribution in [3.8, 4) is 22.3 Å². The number of nitrogens with one attached hydrogen (secondary N) is 2. The molecule has 3 nitrogen and oxygen atoms in total. The molecule has 0 saturated heterocycles. The maximum atomic E-state index is 5.29. The number of fused-ring (bicyclic) bond motifs is 3. The molecule has 3 heteroatoms. The first-order chi connectivity index (χ1) is 27.7. The van der Waals surface area contributed by atoms with Gasteiger partial charge in [-0.3, -0.25) is 4.99 Å². The maximum absolute atomic E-state index is 5.29. The molecule has 0 bridgehead atoms. The Morgan fingerprint density at radius 3 is 1.75 bits per heavy atom. The Morgan fingerprint density at radius 1 is 0.411 bits per heavy atom. The number of nitrogens with zero attached hydrogens (tertiary/aromatic N) is 1. The minimum atomic E-state index is -0.170. The molecule has 2 aliphatic heterocycles. The Labute approximate surface area is 328 Å². The summed E-state index contributed by atoms with van der Waals surface area (Å²) in [6.07, 6.45) is 4.64. The van der Waals surface area contributed by atoms with Crippen molar-refractivity contribution >= 4 is 33.6 Å². The van der Waals surface area contributed by atoms with Crippen LogP contribution in [-0.4, -0.2) is 5.84 Å². The standard InChI is InChI=1S/C53H39N3/c1-5-15-36(16-6-1)40-23-13-25-44(32-40)50-35-51(56-53(55-50)39-21-11-4-12-22-39)45-26-14-24-41(33-45)42-27-29-46-43(31-42)28-30-48-52(46)47(37-17-7-2-8-18-37)34-49(54-48)38-19-9-3-10-20-38/h1-35,49,51,54H,(H,55,56). The fourth-order valence-electron chi connectivity index (χ4n) is 8.09. The molecule has 0 saturated carbocycles. The smallest absolute Gasteiger partial charge is 0.133 e. The van der Waals surface area contributed by atoms with Crippen molar-refractivity contribution in [3.05, 3.63) is 246 Å². The number of benzene rings is 8. The zero-order chi connectivity index (χ0) is 37.3. The van der Waals surface area contributed by atoms with E-state index in [1.54, 1.807) is 0 Å². The van der Waals surface area contributed by atoms with E-state index >= 15 is 0 Å². The summed E-state index contributed by atoms with van der Waals surface area (Å²) in [4.78, 5) is 5.29. The van der Waals surface area contributed by atoms with Gasteiger partial charge in [0, 0.05) is 22.5 Å². The van der Waals surface area contributed by atoms with Crippen molar-refractivity contribution in [2.75, 3.05) is 5.32 Å². The molecule has 2 atom stereocenters. The third-order valence-corrected chi connectivity index (χ3v) is 10.9. The molecule has 0 aromatic heterocycles. The van der Waals surface area contributed by atoms with Crippen molar-refractivity contribution in [1.82, 2.24) is 5.32 Å². The van der Waals surface area contributed by atoms with E-state index in [-0.39, 0.29) is 12.1 Å². The summed E-state index contributed by atoms with van der Waals surface area (Å²) in [7, 11) is 0. The molecular weight excluding hydrogens is 679 g/mol. The molecule has 2 unspecified atom stereocenters. The van der Waals surface area contributed by atoms with Gasteiger partial charge in [-0.25, -0.2) is 0 Å². The third-order valence-electron chi connectivity index (χ3n) is 10.9. The normalized spacial score (nSPS) is 16.1. The van der Waals surface area contributed by atoms with Crippen molar-refractivity contribution < 1.29 is 0 Å². The van der Waals surface area contributed by atoms with Gasteiger partial charge in [-0.1, -0.05) is 176 Å². The van der Waals surface area contributed by atoms with Crippen LogP contribution < -0.4 is 10.6 Å². The largest absolute Gasteiger partial charge is 0.374 e. The SMILES string of the molecule is C1=C(c2cccc(-c3ccccc3)c2)NC(c2ccccc2)=NC1c1cccc(-c2ccc3c4c(ccc3c2)NC(c2ccccc2)C=C4c2ccccc2)c1. The van der Waals surface area contributed by atoms with Crippen molar-refractivity contribution in [2.24, 2.45) is 4.99 Å². The van der Waals surface area contributed by atoms with Gasteiger partial charge in [0.15, 0.2) is 0 Å². The Bertz CT molecular complexity index is 2790. The lowest BCUT2D eigenvalue weighted by Gasteiger charge is -2.28. The highest BCUT2D eigenvalue weighted by atomic mass is 15.0. The average molecular weight is 718 g/mol. The van der Waals surface area contributed by atoms with E-state index in [0.717, 1.165) is 33.9 Å². The second-order valence-corrected chi connectivity index (χ2v) is 14.5. The Morgan fingerprint density at radius 2 is 1.00 bits per heavy atom. The highest BCUT2D eigenvalue weighted by molar-refractivity contribution is 6.06. The molecule has 2 heterocycles. The Kier molecular flexibility index (Phi) is 8.66. The van der Waals surface area contributed by atoms with Crippen LogP contribution in [0.1, 0.15) is 45.5 Å². The minimum absolute atomic E-state index is 0.0841. The number of hydrogen-bond donors (Lipinski definition) is 2. The van der Waals surface area contributed by atoms with Crippen LogP contribution in [-0.2, 0) is 0 Å². The van der Waals surface area contributed by atoms with E-state index in [0.29, 0.717) is 0 Å². The number of amidine groups is 1. The van der Waals surface area contributed by atoms with Crippen LogP contribution in [0.2, 0.25) is 0 Å². The number of anilines is 1. The molecule has 8 aromatic rings. The van der Waals surface area contributed by atoms with E-state index in [4.69, 9.17) is 4.99 Å². The predicted molar refractivity (Wildman–Crippen MR) is 234 cm³/mol. The van der Waals surface area contributed by atoms with Gasteiger partial charge in [0.1, 0.15) is 5.84 Å². The van der Waals surface area contributed by atoms with Crippen LogP contribution in [0, 0.1) is 0 Å². The first kappa shape index (κ1) is 33.3. The van der Waals surface area contributed by atoms with Crippen molar-refractivity contribution in [2.45, 2.75) is 12.1 Å². The summed E-state index contributed by atoms with van der Waals surface area (Å²) in [5.41, 5.74) is 15.2. The predicted octanol–water partition coefficient (Wildman–Crippen LogP) is 12.9. The fourth-order valence-corrected chi connectivity index (χ4v) is 8.09. The van der Waals surface area contributed by atoms with Crippen LogP contribution in [0.3, 0.4) is 0 Å². The van der Waals surface area contributed by atoms with Crippen LogP contribution >= 0.6 is 0 Å². The van der Waals surface area contributed by atoms with Gasteiger partial charge in [-0.05, 0) is 97.3 Å². The molecular formula is C53H39N3. The van der Waals surface area contributed by atoms with E-state index in [1.165, 1.54) is 55.3 Å². The Hall–Kier alpha value is -7.23. The van der Waals surface area contributed by atoms with Gasteiger partial charge in [0.05, 0.1) is 12.1 Å². The summed E-state index contributed by atoms with van der Waals surface area (Å²) in [5, 5.41) is 9.96. The van der Waals surface area contributed by atoms with E-state index in [1.807, 2.05) is 6.07 Å². The maximum Gasteiger partial charge on any atom is 0.133 e. The van der Waals surface area contributed by atoms with Crippen LogP contribution in [0.5, 0.6) is 0 Å². The van der Waals surface area contributed by atoms with Gasteiger partial charge in [0.2, 0.25) is 0 Å². The zero-order valence-electron chi connectivity index (χ0n) is 30.8. The second-order valence-electron chi connectivity index (χ2n) is 14.5. The van der Waals surface area contributed by atoms with E-state index < -0.39 is 0 Å². The topological polar surface area (TPSA) is 36.4 Å². The summed E-state index contributed by atoms with van der Waals surface area (Å²) in [6.45, 7) is 0. The fraction of sp³-hybridized carbons (Fsp3) is 0.0377. The molecule has 266 valence electrons. The molecule has 2 N–H and O–H groups in total. The highest BCUT2D eigenvalue weighted by Gasteiger charge is 2.24. The minimum Gasteiger partial charge on any atom is -0.374 e. The molecule has 0 amide bonds. The molecule has 0 radical (unpaired) electrons. The molecule has 2 aliphatic rings. The molecule has 0 fully saturated rings. The van der Waals surface area contributed by atoms with Crippen LogP contribution in [0.25, 0.3) is 44.3 Å².